The summed E-state index contributed by atoms with van der Waals surface area (Å²) in [5, 5.41) is 0. The second-order valence-electron chi connectivity index (χ2n) is 4.43. The van der Waals surface area contributed by atoms with Crippen LogP contribution in [0.2, 0.25) is 0 Å². The van der Waals surface area contributed by atoms with Crippen LogP contribution in [0, 0.1) is 0 Å². The van der Waals surface area contributed by atoms with Crippen molar-refractivity contribution in [3.8, 4) is 0 Å². The standard InChI is InChI=1S/C14H15N5OS/c15-13(21)3-5-19(9-11-2-1-4-16-6-11)14(20)12-7-17-10-18-8-12/h1-2,4,6-8,10H,3,5,9H2,(H2,15,21). The maximum atomic E-state index is 12.5. The lowest BCUT2D eigenvalue weighted by atomic mass is 10.2. The molecule has 2 N–H and O–H groups in total. The van der Waals surface area contributed by atoms with Crippen molar-refractivity contribution < 1.29 is 4.79 Å². The summed E-state index contributed by atoms with van der Waals surface area (Å²) in [6.45, 7) is 0.877. The molecule has 108 valence electrons. The van der Waals surface area contributed by atoms with E-state index in [1.165, 1.54) is 18.7 Å². The van der Waals surface area contributed by atoms with Crippen LogP contribution in [0.4, 0.5) is 0 Å². The van der Waals surface area contributed by atoms with Crippen molar-refractivity contribution in [1.82, 2.24) is 19.9 Å². The van der Waals surface area contributed by atoms with Gasteiger partial charge in [0.05, 0.1) is 10.6 Å². The van der Waals surface area contributed by atoms with Gasteiger partial charge in [-0.15, -0.1) is 0 Å². The summed E-state index contributed by atoms with van der Waals surface area (Å²) < 4.78 is 0. The Kier molecular flexibility index (Phi) is 5.28. The van der Waals surface area contributed by atoms with Gasteiger partial charge in [-0.1, -0.05) is 18.3 Å². The minimum Gasteiger partial charge on any atom is -0.393 e. The predicted molar refractivity (Wildman–Crippen MR) is 82.4 cm³/mol. The quantitative estimate of drug-likeness (QED) is 0.807. The number of thiocarbonyl (C=S) groups is 1. The number of carbonyl (C=O) groups is 1. The predicted octanol–water partition coefficient (Wildman–Crippen LogP) is 1.19. The van der Waals surface area contributed by atoms with Crippen LogP contribution < -0.4 is 5.73 Å². The molecule has 0 fully saturated rings. The SMILES string of the molecule is NC(=S)CCN(Cc1cccnc1)C(=O)c1cncnc1. The van der Waals surface area contributed by atoms with E-state index in [0.29, 0.717) is 30.1 Å². The topological polar surface area (TPSA) is 85.0 Å². The molecule has 6 nitrogen and oxygen atoms in total. The van der Waals surface area contributed by atoms with Gasteiger partial charge in [-0.25, -0.2) is 9.97 Å². The smallest absolute Gasteiger partial charge is 0.257 e. The van der Waals surface area contributed by atoms with Crippen molar-refractivity contribution >= 4 is 23.1 Å². The molecule has 0 radical (unpaired) electrons. The summed E-state index contributed by atoms with van der Waals surface area (Å²) in [5.41, 5.74) is 6.90. The number of nitrogens with zero attached hydrogens (tertiary/aromatic N) is 4. The third kappa shape index (κ3) is 4.57. The summed E-state index contributed by atoms with van der Waals surface area (Å²) in [7, 11) is 0. The van der Waals surface area contributed by atoms with Gasteiger partial charge < -0.3 is 10.6 Å². The first kappa shape index (κ1) is 15.0. The van der Waals surface area contributed by atoms with E-state index < -0.39 is 0 Å². The average Bonchev–Trinajstić information content (AvgIpc) is 2.52. The van der Waals surface area contributed by atoms with Crippen molar-refractivity contribution in [1.29, 1.82) is 0 Å². The van der Waals surface area contributed by atoms with Crippen LogP contribution in [-0.4, -0.2) is 37.3 Å². The Bertz CT molecular complexity index is 605. The number of pyridine rings is 1. The molecule has 2 heterocycles. The van der Waals surface area contributed by atoms with Gasteiger partial charge in [0.2, 0.25) is 0 Å². The van der Waals surface area contributed by atoms with Gasteiger partial charge in [-0.3, -0.25) is 9.78 Å². The average molecular weight is 301 g/mol. The van der Waals surface area contributed by atoms with E-state index in [4.69, 9.17) is 18.0 Å². The zero-order valence-corrected chi connectivity index (χ0v) is 12.2. The highest BCUT2D eigenvalue weighted by atomic mass is 32.1. The van der Waals surface area contributed by atoms with Crippen molar-refractivity contribution in [3.63, 3.8) is 0 Å². The Morgan fingerprint density at radius 2 is 2.00 bits per heavy atom. The zero-order valence-electron chi connectivity index (χ0n) is 11.3. The molecule has 0 atom stereocenters. The highest BCUT2D eigenvalue weighted by Gasteiger charge is 2.16. The van der Waals surface area contributed by atoms with Crippen LogP contribution in [0.3, 0.4) is 0 Å². The fourth-order valence-corrected chi connectivity index (χ4v) is 1.89. The maximum absolute atomic E-state index is 12.5. The molecule has 0 aromatic carbocycles. The molecule has 0 aliphatic heterocycles. The second kappa shape index (κ2) is 7.39. The molecule has 2 aromatic rings. The molecule has 0 unspecified atom stereocenters. The number of hydrogen-bond acceptors (Lipinski definition) is 5. The molecule has 0 bridgehead atoms. The first-order valence-corrected chi connectivity index (χ1v) is 6.79. The van der Waals surface area contributed by atoms with Gasteiger partial charge in [0.15, 0.2) is 0 Å². The van der Waals surface area contributed by atoms with E-state index in [0.717, 1.165) is 5.56 Å². The second-order valence-corrected chi connectivity index (χ2v) is 4.96. The molecular weight excluding hydrogens is 286 g/mol. The number of carbonyl (C=O) groups excluding carboxylic acids is 1. The van der Waals surface area contributed by atoms with Crippen molar-refractivity contribution in [2.24, 2.45) is 5.73 Å². The molecule has 2 aromatic heterocycles. The molecule has 0 aliphatic carbocycles. The van der Waals surface area contributed by atoms with Gasteiger partial charge >= 0.3 is 0 Å². The van der Waals surface area contributed by atoms with E-state index in [9.17, 15) is 4.79 Å². The highest BCUT2D eigenvalue weighted by molar-refractivity contribution is 7.80. The van der Waals surface area contributed by atoms with Crippen LogP contribution in [0.25, 0.3) is 0 Å². The number of aromatic nitrogens is 3. The minimum absolute atomic E-state index is 0.157. The van der Waals surface area contributed by atoms with Gasteiger partial charge in [-0.05, 0) is 11.6 Å². The summed E-state index contributed by atoms with van der Waals surface area (Å²) in [4.78, 5) is 26.3. The fourth-order valence-electron chi connectivity index (χ4n) is 1.80. The van der Waals surface area contributed by atoms with Crippen molar-refractivity contribution in [2.75, 3.05) is 6.54 Å². The largest absolute Gasteiger partial charge is 0.393 e. The monoisotopic (exact) mass is 301 g/mol. The molecular formula is C14H15N5OS. The van der Waals surface area contributed by atoms with Gasteiger partial charge in [0.1, 0.15) is 6.33 Å². The van der Waals surface area contributed by atoms with E-state index in [1.54, 1.807) is 17.3 Å². The Morgan fingerprint density at radius 1 is 1.24 bits per heavy atom. The maximum Gasteiger partial charge on any atom is 0.257 e. The molecule has 0 saturated carbocycles. The van der Waals surface area contributed by atoms with Crippen LogP contribution in [-0.2, 0) is 6.54 Å². The molecule has 21 heavy (non-hydrogen) atoms. The van der Waals surface area contributed by atoms with E-state index in [1.807, 2.05) is 12.1 Å². The lowest BCUT2D eigenvalue weighted by Crippen LogP contribution is -2.33. The Morgan fingerprint density at radius 3 is 2.62 bits per heavy atom. The van der Waals surface area contributed by atoms with E-state index >= 15 is 0 Å². The number of rotatable bonds is 6. The van der Waals surface area contributed by atoms with Gasteiger partial charge in [-0.2, -0.15) is 0 Å². The first-order valence-electron chi connectivity index (χ1n) is 6.38. The van der Waals surface area contributed by atoms with E-state index in [-0.39, 0.29) is 5.91 Å². The van der Waals surface area contributed by atoms with Gasteiger partial charge in [0.25, 0.3) is 5.91 Å². The summed E-state index contributed by atoms with van der Waals surface area (Å²) in [6, 6.07) is 3.74. The molecule has 0 spiro atoms. The molecule has 2 rings (SSSR count). The highest BCUT2D eigenvalue weighted by Crippen LogP contribution is 2.09. The van der Waals surface area contributed by atoms with Crippen LogP contribution in [0.5, 0.6) is 0 Å². The minimum atomic E-state index is -0.157. The summed E-state index contributed by atoms with van der Waals surface area (Å²) in [5.74, 6) is -0.157. The molecule has 7 heteroatoms. The Labute approximate surface area is 128 Å². The Hall–Kier alpha value is -2.41. The third-order valence-corrected chi connectivity index (χ3v) is 3.02. The number of nitrogens with two attached hydrogens (primary N) is 1. The normalized spacial score (nSPS) is 10.1. The third-order valence-electron chi connectivity index (χ3n) is 2.82. The van der Waals surface area contributed by atoms with Crippen LogP contribution >= 0.6 is 12.2 Å². The number of amides is 1. The van der Waals surface area contributed by atoms with Gasteiger partial charge in [0, 0.05) is 44.3 Å². The molecule has 0 aliphatic rings. The van der Waals surface area contributed by atoms with Crippen LogP contribution in [0.15, 0.2) is 43.2 Å². The lowest BCUT2D eigenvalue weighted by molar-refractivity contribution is 0.0747. The van der Waals surface area contributed by atoms with Crippen LogP contribution in [0.1, 0.15) is 22.3 Å². The lowest BCUT2D eigenvalue weighted by Gasteiger charge is -2.22. The zero-order chi connectivity index (χ0) is 15.1. The Balaban J connectivity index is 2.15. The molecule has 0 saturated heterocycles. The first-order chi connectivity index (χ1) is 10.2. The van der Waals surface area contributed by atoms with Crippen molar-refractivity contribution in [3.05, 3.63) is 54.4 Å². The van der Waals surface area contributed by atoms with Crippen molar-refractivity contribution in [2.45, 2.75) is 13.0 Å². The summed E-state index contributed by atoms with van der Waals surface area (Å²) >= 11 is 4.88. The van der Waals surface area contributed by atoms with E-state index in [2.05, 4.69) is 15.0 Å². The summed E-state index contributed by atoms with van der Waals surface area (Å²) in [6.07, 6.45) is 8.25. The number of hydrogen-bond donors (Lipinski definition) is 1. The fraction of sp³-hybridized carbons (Fsp3) is 0.214. The molecule has 1 amide bonds.